The van der Waals surface area contributed by atoms with Gasteiger partial charge in [-0.15, -0.1) is 0 Å². The fraction of sp³-hybridized carbons (Fsp3) is 0.588. The highest BCUT2D eigenvalue weighted by molar-refractivity contribution is 5.74. The second kappa shape index (κ2) is 7.38. The number of hydrogen-bond donors (Lipinski definition) is 2. The van der Waals surface area contributed by atoms with Crippen LogP contribution in [0.4, 0.5) is 10.5 Å². The number of nitrogens with one attached hydrogen (secondary N) is 2. The lowest BCUT2D eigenvalue weighted by molar-refractivity contribution is 0.232. The van der Waals surface area contributed by atoms with Crippen LogP contribution in [0.2, 0.25) is 0 Å². The normalized spacial score (nSPS) is 18.3. The van der Waals surface area contributed by atoms with E-state index in [0.717, 1.165) is 37.4 Å². The Kier molecular flexibility index (Phi) is 5.03. The predicted molar refractivity (Wildman–Crippen MR) is 87.6 cm³/mol. The van der Waals surface area contributed by atoms with Crippen LogP contribution in [-0.4, -0.2) is 38.3 Å². The monoisotopic (exact) mass is 303 g/mol. The zero-order chi connectivity index (χ0) is 15.2. The topological polar surface area (TPSA) is 53.6 Å². The van der Waals surface area contributed by atoms with Crippen molar-refractivity contribution in [2.45, 2.75) is 38.1 Å². The fourth-order valence-electron chi connectivity index (χ4n) is 3.25. The average Bonchev–Trinajstić information content (AvgIpc) is 2.56. The number of para-hydroxylation sites is 2. The first kappa shape index (κ1) is 15.0. The molecule has 1 aliphatic heterocycles. The molecule has 2 aliphatic rings. The minimum absolute atomic E-state index is 0.0338. The van der Waals surface area contributed by atoms with E-state index in [1.165, 1.54) is 19.3 Å². The Labute approximate surface area is 132 Å². The maximum Gasteiger partial charge on any atom is 0.315 e. The Morgan fingerprint density at radius 2 is 2.05 bits per heavy atom. The maximum atomic E-state index is 11.9. The van der Waals surface area contributed by atoms with Gasteiger partial charge in [0, 0.05) is 19.1 Å². The van der Waals surface area contributed by atoms with Crippen molar-refractivity contribution in [3.8, 4) is 5.75 Å². The number of anilines is 1. The molecule has 22 heavy (non-hydrogen) atoms. The minimum atomic E-state index is -0.0338. The highest BCUT2D eigenvalue weighted by Crippen LogP contribution is 2.30. The number of carbonyl (C=O) groups excluding carboxylic acids is 1. The van der Waals surface area contributed by atoms with Gasteiger partial charge in [0.1, 0.15) is 12.4 Å². The third-order valence-electron chi connectivity index (χ3n) is 4.43. The fourth-order valence-corrected chi connectivity index (χ4v) is 3.25. The van der Waals surface area contributed by atoms with Gasteiger partial charge in [-0.25, -0.2) is 4.79 Å². The van der Waals surface area contributed by atoms with Crippen molar-refractivity contribution in [2.75, 3.05) is 31.1 Å². The van der Waals surface area contributed by atoms with Crippen molar-refractivity contribution < 1.29 is 9.53 Å². The molecule has 120 valence electrons. The van der Waals surface area contributed by atoms with Crippen LogP contribution in [0.3, 0.4) is 0 Å². The van der Waals surface area contributed by atoms with Gasteiger partial charge in [0.05, 0.1) is 12.2 Å². The third-order valence-corrected chi connectivity index (χ3v) is 4.43. The van der Waals surface area contributed by atoms with E-state index < -0.39 is 0 Å². The van der Waals surface area contributed by atoms with Crippen LogP contribution in [0.5, 0.6) is 5.75 Å². The van der Waals surface area contributed by atoms with Crippen molar-refractivity contribution in [3.05, 3.63) is 24.3 Å². The largest absolute Gasteiger partial charge is 0.490 e. The van der Waals surface area contributed by atoms with Crippen LogP contribution >= 0.6 is 0 Å². The highest BCUT2D eigenvalue weighted by Gasteiger charge is 2.18. The number of fused-ring (bicyclic) bond motifs is 1. The molecule has 0 bridgehead atoms. The highest BCUT2D eigenvalue weighted by atomic mass is 16.5. The molecule has 1 aliphatic carbocycles. The van der Waals surface area contributed by atoms with E-state index in [0.29, 0.717) is 19.2 Å². The van der Waals surface area contributed by atoms with Crippen LogP contribution in [-0.2, 0) is 0 Å². The first-order valence-corrected chi connectivity index (χ1v) is 8.34. The first-order chi connectivity index (χ1) is 10.8. The molecule has 0 aromatic heterocycles. The SMILES string of the molecule is O=C(NCCN1CCOc2ccccc21)NC1CCCCC1. The third kappa shape index (κ3) is 3.84. The van der Waals surface area contributed by atoms with E-state index in [1.54, 1.807) is 0 Å². The molecule has 0 spiro atoms. The summed E-state index contributed by atoms with van der Waals surface area (Å²) in [6.45, 7) is 3.01. The van der Waals surface area contributed by atoms with E-state index in [4.69, 9.17) is 4.74 Å². The zero-order valence-corrected chi connectivity index (χ0v) is 13.0. The van der Waals surface area contributed by atoms with Gasteiger partial charge in [-0.3, -0.25) is 0 Å². The number of ether oxygens (including phenoxy) is 1. The molecule has 1 fully saturated rings. The molecule has 3 rings (SSSR count). The number of urea groups is 1. The molecular weight excluding hydrogens is 278 g/mol. The first-order valence-electron chi connectivity index (χ1n) is 8.34. The number of amides is 2. The second-order valence-corrected chi connectivity index (χ2v) is 6.04. The lowest BCUT2D eigenvalue weighted by Gasteiger charge is -2.31. The molecule has 2 amide bonds. The van der Waals surface area contributed by atoms with Crippen molar-refractivity contribution >= 4 is 11.7 Å². The Hall–Kier alpha value is -1.91. The summed E-state index contributed by atoms with van der Waals surface area (Å²) >= 11 is 0. The second-order valence-electron chi connectivity index (χ2n) is 6.04. The summed E-state index contributed by atoms with van der Waals surface area (Å²) in [5.41, 5.74) is 1.11. The maximum absolute atomic E-state index is 11.9. The van der Waals surface area contributed by atoms with Gasteiger partial charge >= 0.3 is 6.03 Å². The number of carbonyl (C=O) groups is 1. The predicted octanol–water partition coefficient (Wildman–Crippen LogP) is 2.52. The van der Waals surface area contributed by atoms with Crippen molar-refractivity contribution in [1.82, 2.24) is 10.6 Å². The molecule has 0 radical (unpaired) electrons. The van der Waals surface area contributed by atoms with Gasteiger partial charge in [0.15, 0.2) is 0 Å². The lowest BCUT2D eigenvalue weighted by Crippen LogP contribution is -2.46. The van der Waals surface area contributed by atoms with E-state index in [1.807, 2.05) is 18.2 Å². The van der Waals surface area contributed by atoms with Gasteiger partial charge in [0.25, 0.3) is 0 Å². The Morgan fingerprint density at radius 1 is 1.23 bits per heavy atom. The Morgan fingerprint density at radius 3 is 2.91 bits per heavy atom. The van der Waals surface area contributed by atoms with Gasteiger partial charge in [-0.1, -0.05) is 31.4 Å². The molecule has 0 saturated heterocycles. The molecule has 1 aromatic rings. The number of nitrogens with zero attached hydrogens (tertiary/aromatic N) is 1. The summed E-state index contributed by atoms with van der Waals surface area (Å²) in [6.07, 6.45) is 6.00. The molecule has 5 nitrogen and oxygen atoms in total. The van der Waals surface area contributed by atoms with Crippen molar-refractivity contribution in [2.24, 2.45) is 0 Å². The van der Waals surface area contributed by atoms with Gasteiger partial charge < -0.3 is 20.3 Å². The summed E-state index contributed by atoms with van der Waals surface area (Å²) in [5, 5.41) is 6.06. The quantitative estimate of drug-likeness (QED) is 0.898. The molecule has 5 heteroatoms. The van der Waals surface area contributed by atoms with Gasteiger partial charge in [-0.05, 0) is 25.0 Å². The number of rotatable bonds is 4. The van der Waals surface area contributed by atoms with E-state index in [9.17, 15) is 4.79 Å². The average molecular weight is 303 g/mol. The molecule has 0 atom stereocenters. The van der Waals surface area contributed by atoms with Gasteiger partial charge in [-0.2, -0.15) is 0 Å². The van der Waals surface area contributed by atoms with E-state index >= 15 is 0 Å². The summed E-state index contributed by atoms with van der Waals surface area (Å²) in [4.78, 5) is 14.2. The molecular formula is C17H25N3O2. The molecule has 1 aromatic carbocycles. The summed E-state index contributed by atoms with van der Waals surface area (Å²) in [7, 11) is 0. The van der Waals surface area contributed by atoms with Crippen LogP contribution in [0.1, 0.15) is 32.1 Å². The van der Waals surface area contributed by atoms with Crippen molar-refractivity contribution in [1.29, 1.82) is 0 Å². The molecule has 0 unspecified atom stereocenters. The van der Waals surface area contributed by atoms with E-state index in [2.05, 4.69) is 21.6 Å². The van der Waals surface area contributed by atoms with Crippen LogP contribution < -0.4 is 20.3 Å². The lowest BCUT2D eigenvalue weighted by atomic mass is 9.96. The molecule has 2 N–H and O–H groups in total. The van der Waals surface area contributed by atoms with Crippen LogP contribution in [0, 0.1) is 0 Å². The van der Waals surface area contributed by atoms with Crippen LogP contribution in [0.25, 0.3) is 0 Å². The Bertz CT molecular complexity index is 500. The minimum Gasteiger partial charge on any atom is -0.490 e. The molecule has 1 saturated carbocycles. The summed E-state index contributed by atoms with van der Waals surface area (Å²) < 4.78 is 5.64. The Balaban J connectivity index is 1.42. The van der Waals surface area contributed by atoms with Gasteiger partial charge in [0.2, 0.25) is 0 Å². The standard InChI is InChI=1S/C17H25N3O2/c21-17(19-14-6-2-1-3-7-14)18-10-11-20-12-13-22-16-9-5-4-8-15(16)20/h4-5,8-9,14H,1-3,6-7,10-13H2,(H2,18,19,21). The van der Waals surface area contributed by atoms with Crippen LogP contribution in [0.15, 0.2) is 24.3 Å². The molecule has 1 heterocycles. The van der Waals surface area contributed by atoms with E-state index in [-0.39, 0.29) is 6.03 Å². The van der Waals surface area contributed by atoms with Crippen molar-refractivity contribution in [3.63, 3.8) is 0 Å². The summed E-state index contributed by atoms with van der Waals surface area (Å²) in [6, 6.07) is 8.38. The zero-order valence-electron chi connectivity index (χ0n) is 13.0. The summed E-state index contributed by atoms with van der Waals surface area (Å²) in [5.74, 6) is 0.931. The smallest absolute Gasteiger partial charge is 0.315 e. The number of benzene rings is 1. The number of hydrogen-bond acceptors (Lipinski definition) is 3.